The molecular weight excluding hydrogens is 774 g/mol. The van der Waals surface area contributed by atoms with Crippen LogP contribution in [0.4, 0.5) is 24.7 Å². The van der Waals surface area contributed by atoms with Gasteiger partial charge < -0.3 is 16.0 Å². The van der Waals surface area contributed by atoms with Gasteiger partial charge in [0.05, 0.1) is 28.4 Å². The second kappa shape index (κ2) is 18.1. The van der Waals surface area contributed by atoms with E-state index in [2.05, 4.69) is 21.3 Å². The third-order valence-electron chi connectivity index (χ3n) is 10.9. The predicted octanol–water partition coefficient (Wildman–Crippen LogP) is 8.68. The monoisotopic (exact) mass is 818 g/mol. The van der Waals surface area contributed by atoms with Gasteiger partial charge in [0.15, 0.2) is 0 Å². The van der Waals surface area contributed by atoms with E-state index in [1.165, 1.54) is 12.1 Å². The van der Waals surface area contributed by atoms with Crippen LogP contribution >= 0.6 is 0 Å². The van der Waals surface area contributed by atoms with Crippen molar-refractivity contribution in [2.45, 2.75) is 76.6 Å². The van der Waals surface area contributed by atoms with Gasteiger partial charge in [-0.05, 0) is 96.6 Å². The molecule has 0 radical (unpaired) electrons. The van der Waals surface area contributed by atoms with Gasteiger partial charge in [0.2, 0.25) is 11.8 Å². The Morgan fingerprint density at radius 1 is 0.800 bits per heavy atom. The third kappa shape index (κ3) is 9.33. The Balaban J connectivity index is 0.815. The van der Waals surface area contributed by atoms with E-state index in [9.17, 15) is 37.1 Å². The van der Waals surface area contributed by atoms with Gasteiger partial charge in [0.25, 0.3) is 17.7 Å². The van der Waals surface area contributed by atoms with Crippen molar-refractivity contribution in [2.75, 3.05) is 23.7 Å². The highest BCUT2D eigenvalue weighted by molar-refractivity contribution is 6.25. The Hall–Kier alpha value is -6.57. The number of pyridine rings is 1. The minimum Gasteiger partial charge on any atom is -0.384 e. The van der Waals surface area contributed by atoms with E-state index < -0.39 is 41.4 Å². The molecule has 3 heterocycles. The number of aromatic nitrogens is 1. The Bertz CT molecular complexity index is 2440. The van der Waals surface area contributed by atoms with E-state index in [0.29, 0.717) is 34.9 Å². The lowest BCUT2D eigenvalue weighted by atomic mass is 9.96. The van der Waals surface area contributed by atoms with Crippen LogP contribution in [0.1, 0.15) is 107 Å². The van der Waals surface area contributed by atoms with Gasteiger partial charge in [-0.15, -0.1) is 0 Å². The van der Waals surface area contributed by atoms with Crippen LogP contribution in [0.3, 0.4) is 0 Å². The molecule has 2 aliphatic heterocycles. The largest absolute Gasteiger partial charge is 0.416 e. The maximum absolute atomic E-state index is 13.3. The van der Waals surface area contributed by atoms with Crippen molar-refractivity contribution < 1.29 is 37.1 Å². The number of piperidine rings is 1. The molecule has 11 nitrogen and oxygen atoms in total. The number of rotatable bonds is 16. The van der Waals surface area contributed by atoms with E-state index in [4.69, 9.17) is 4.98 Å². The molecule has 1 fully saturated rings. The molecule has 1 unspecified atom stereocenters. The van der Waals surface area contributed by atoms with Gasteiger partial charge in [-0.3, -0.25) is 34.2 Å². The second-order valence-corrected chi connectivity index (χ2v) is 15.1. The van der Waals surface area contributed by atoms with Crippen LogP contribution in [0.15, 0.2) is 97.1 Å². The second-order valence-electron chi connectivity index (χ2n) is 15.1. The minimum atomic E-state index is -4.41. The Morgan fingerprint density at radius 3 is 2.22 bits per heavy atom. The fourth-order valence-corrected chi connectivity index (χ4v) is 7.72. The average molecular weight is 819 g/mol. The molecule has 0 spiro atoms. The lowest BCUT2D eigenvalue weighted by molar-refractivity contribution is -0.138. The summed E-state index contributed by atoms with van der Waals surface area (Å²) in [4.78, 5) is 69.3. The number of alkyl halides is 3. The van der Waals surface area contributed by atoms with E-state index >= 15 is 0 Å². The third-order valence-corrected chi connectivity index (χ3v) is 10.9. The molecular formula is C46H45F3N6O5. The normalized spacial score (nSPS) is 15.8. The lowest BCUT2D eigenvalue weighted by Crippen LogP contribution is -2.54. The number of nitrogens with zero attached hydrogens (tertiary/aromatic N) is 2. The summed E-state index contributed by atoms with van der Waals surface area (Å²) in [6.45, 7) is 3.23. The predicted molar refractivity (Wildman–Crippen MR) is 222 cm³/mol. The first-order chi connectivity index (χ1) is 28.9. The molecule has 14 heteroatoms. The number of imide groups is 2. The van der Waals surface area contributed by atoms with Crippen molar-refractivity contribution in [2.24, 2.45) is 0 Å². The molecule has 5 amide bonds. The summed E-state index contributed by atoms with van der Waals surface area (Å²) in [5.74, 6) is -1.64. The molecule has 60 heavy (non-hydrogen) atoms. The van der Waals surface area contributed by atoms with Gasteiger partial charge in [-0.25, -0.2) is 4.98 Å². The molecule has 4 aromatic carbocycles. The molecule has 2 aliphatic rings. The van der Waals surface area contributed by atoms with Crippen LogP contribution < -0.4 is 21.3 Å². The molecule has 2 atom stereocenters. The van der Waals surface area contributed by atoms with Gasteiger partial charge in [-0.1, -0.05) is 74.2 Å². The smallest absolute Gasteiger partial charge is 0.384 e. The van der Waals surface area contributed by atoms with E-state index in [-0.39, 0.29) is 35.9 Å². The number of carbonyl (C=O) groups excluding carboxylic acids is 5. The molecule has 1 aromatic heterocycles. The quantitative estimate of drug-likeness (QED) is 0.0571. The van der Waals surface area contributed by atoms with Crippen molar-refractivity contribution in [3.8, 4) is 11.1 Å². The number of nitrogens with one attached hydrogen (secondary N) is 4. The summed E-state index contributed by atoms with van der Waals surface area (Å²) in [5, 5.41) is 13.5. The molecule has 0 bridgehead atoms. The zero-order chi connectivity index (χ0) is 42.4. The van der Waals surface area contributed by atoms with Crippen LogP contribution in [0, 0.1) is 0 Å². The van der Waals surface area contributed by atoms with Crippen LogP contribution in [-0.2, 0) is 15.8 Å². The minimum absolute atomic E-state index is 0.0707. The first-order valence-electron chi connectivity index (χ1n) is 20.2. The van der Waals surface area contributed by atoms with Crippen molar-refractivity contribution in [3.05, 3.63) is 125 Å². The topological polar surface area (TPSA) is 150 Å². The van der Waals surface area contributed by atoms with E-state index in [1.807, 2.05) is 49.4 Å². The highest BCUT2D eigenvalue weighted by Gasteiger charge is 2.45. The summed E-state index contributed by atoms with van der Waals surface area (Å²) >= 11 is 0. The Labute approximate surface area is 345 Å². The van der Waals surface area contributed by atoms with Crippen LogP contribution in [0.2, 0.25) is 0 Å². The number of carbonyl (C=O) groups is 5. The Kier molecular flexibility index (Phi) is 12.6. The van der Waals surface area contributed by atoms with Gasteiger partial charge in [-0.2, -0.15) is 13.2 Å². The first-order valence-corrected chi connectivity index (χ1v) is 20.2. The number of halogens is 3. The summed E-state index contributed by atoms with van der Waals surface area (Å²) in [6.07, 6.45) is 1.71. The molecule has 7 rings (SSSR count). The fourth-order valence-electron chi connectivity index (χ4n) is 7.72. The highest BCUT2D eigenvalue weighted by Crippen LogP contribution is 2.35. The maximum Gasteiger partial charge on any atom is 0.416 e. The Morgan fingerprint density at radius 2 is 1.48 bits per heavy atom. The molecule has 1 saturated heterocycles. The maximum atomic E-state index is 13.3. The standard InChI is InChI=1S/C46H45F3N6O5/c1-28(52-42(57)31-19-22-34-30(27-31)11-8-12-33(34)29-17-20-32(21-18-29)46(47,48)49)36-14-10-16-39(53-36)51-26-7-5-3-2-4-6-25-50-37-15-9-13-35-41(37)45(60)55(44(35)59)38-23-24-40(56)54-43(38)58/h8-22,27-28,38,50H,2-7,23-26H2,1H3,(H,51,53)(H,52,57)(H,54,56,58)/t28-,38?/m0/s1. The van der Waals surface area contributed by atoms with Crippen LogP contribution in [-0.4, -0.2) is 58.6 Å². The number of hydrogen-bond donors (Lipinski definition) is 4. The summed E-state index contributed by atoms with van der Waals surface area (Å²) in [7, 11) is 0. The van der Waals surface area contributed by atoms with Gasteiger partial charge in [0.1, 0.15) is 11.9 Å². The van der Waals surface area contributed by atoms with Crippen LogP contribution in [0.25, 0.3) is 21.9 Å². The summed E-state index contributed by atoms with van der Waals surface area (Å²) < 4.78 is 39.3. The van der Waals surface area contributed by atoms with Gasteiger partial charge >= 0.3 is 6.18 Å². The molecule has 5 aromatic rings. The van der Waals surface area contributed by atoms with Gasteiger partial charge in [0, 0.05) is 30.8 Å². The fraction of sp³-hybridized carbons (Fsp3) is 0.304. The van der Waals surface area contributed by atoms with Crippen molar-refractivity contribution in [1.29, 1.82) is 0 Å². The number of amides is 5. The number of benzene rings is 4. The summed E-state index contributed by atoms with van der Waals surface area (Å²) in [6, 6.07) is 25.2. The molecule has 0 saturated carbocycles. The number of unbranched alkanes of at least 4 members (excludes halogenated alkanes) is 5. The molecule has 0 aliphatic carbocycles. The average Bonchev–Trinajstić information content (AvgIpc) is 3.49. The zero-order valence-electron chi connectivity index (χ0n) is 33.0. The summed E-state index contributed by atoms with van der Waals surface area (Å²) in [5.41, 5.74) is 2.96. The highest BCUT2D eigenvalue weighted by atomic mass is 19.4. The van der Waals surface area contributed by atoms with E-state index in [1.54, 1.807) is 30.3 Å². The number of hydrogen-bond acceptors (Lipinski definition) is 8. The number of fused-ring (bicyclic) bond motifs is 2. The van der Waals surface area contributed by atoms with E-state index in [0.717, 1.165) is 78.4 Å². The first kappa shape index (κ1) is 41.6. The van der Waals surface area contributed by atoms with Crippen molar-refractivity contribution in [1.82, 2.24) is 20.5 Å². The lowest BCUT2D eigenvalue weighted by Gasteiger charge is -2.27. The van der Waals surface area contributed by atoms with Crippen molar-refractivity contribution >= 4 is 51.8 Å². The zero-order valence-corrected chi connectivity index (χ0v) is 33.0. The molecule has 4 N–H and O–H groups in total. The molecule has 310 valence electrons. The number of anilines is 2. The SMILES string of the molecule is C[C@H](NC(=O)c1ccc2c(-c3ccc(C(F)(F)F)cc3)cccc2c1)c1cccc(NCCCCCCCCNc2cccc3c2C(=O)N(C2CCC(=O)NC2=O)C3=O)n1. The van der Waals surface area contributed by atoms with Crippen molar-refractivity contribution in [3.63, 3.8) is 0 Å². The van der Waals surface area contributed by atoms with Crippen LogP contribution in [0.5, 0.6) is 0 Å².